The van der Waals surface area contributed by atoms with Crippen LogP contribution in [0.2, 0.25) is 0 Å². The molecule has 1 N–H and O–H groups in total. The highest BCUT2D eigenvalue weighted by molar-refractivity contribution is 6.12. The van der Waals surface area contributed by atoms with E-state index < -0.39 is 5.54 Å². The third kappa shape index (κ3) is 4.04. The van der Waals surface area contributed by atoms with Gasteiger partial charge in [-0.2, -0.15) is 5.10 Å². The Kier molecular flexibility index (Phi) is 6.02. The van der Waals surface area contributed by atoms with Crippen LogP contribution in [0.3, 0.4) is 0 Å². The topological polar surface area (TPSA) is 80.4 Å². The minimum absolute atomic E-state index is 0.131. The van der Waals surface area contributed by atoms with Gasteiger partial charge in [-0.15, -0.1) is 0 Å². The summed E-state index contributed by atoms with van der Waals surface area (Å²) >= 11 is 0. The van der Waals surface area contributed by atoms with E-state index in [4.69, 9.17) is 4.42 Å². The standard InChI is InChI=1S/C27H32N4O3/c1-3-19-12-14-21(15-13-19)31-25(32)23-17-22(24-11-8-16-34-24)29-30(23)18-27(31,2)26(33)28-20-9-6-4-5-7-10-20/h8,11-17,20H,3-7,9-10,18H2,1-2H3,(H,28,33)/t27-/m0/s1. The predicted molar refractivity (Wildman–Crippen MR) is 131 cm³/mol. The smallest absolute Gasteiger partial charge is 0.277 e. The van der Waals surface area contributed by atoms with E-state index in [9.17, 15) is 9.59 Å². The molecule has 3 heterocycles. The van der Waals surface area contributed by atoms with E-state index in [1.54, 1.807) is 28.0 Å². The summed E-state index contributed by atoms with van der Waals surface area (Å²) in [6, 6.07) is 13.4. The van der Waals surface area contributed by atoms with Crippen molar-refractivity contribution in [3.05, 3.63) is 60.0 Å². The van der Waals surface area contributed by atoms with Crippen molar-refractivity contribution in [3.8, 4) is 11.5 Å². The van der Waals surface area contributed by atoms with E-state index in [1.807, 2.05) is 37.3 Å². The summed E-state index contributed by atoms with van der Waals surface area (Å²) in [5.41, 5.74) is 1.82. The molecule has 1 atom stereocenters. The number of carbonyl (C=O) groups excluding carboxylic acids is 2. The number of aromatic nitrogens is 2. The van der Waals surface area contributed by atoms with Gasteiger partial charge in [0.25, 0.3) is 5.91 Å². The lowest BCUT2D eigenvalue weighted by Gasteiger charge is -2.43. The molecule has 34 heavy (non-hydrogen) atoms. The lowest BCUT2D eigenvalue weighted by atomic mass is 9.93. The number of nitrogens with zero attached hydrogens (tertiary/aromatic N) is 3. The van der Waals surface area contributed by atoms with Crippen LogP contribution in [0.5, 0.6) is 0 Å². The van der Waals surface area contributed by atoms with E-state index in [-0.39, 0.29) is 24.4 Å². The monoisotopic (exact) mass is 460 g/mol. The molecule has 0 bridgehead atoms. The zero-order valence-electron chi connectivity index (χ0n) is 19.9. The second-order valence-electron chi connectivity index (χ2n) is 9.65. The largest absolute Gasteiger partial charge is 0.463 e. The Morgan fingerprint density at radius 2 is 1.88 bits per heavy atom. The number of benzene rings is 1. The van der Waals surface area contributed by atoms with Gasteiger partial charge in [-0.3, -0.25) is 19.2 Å². The van der Waals surface area contributed by atoms with Gasteiger partial charge < -0.3 is 9.73 Å². The van der Waals surface area contributed by atoms with Crippen molar-refractivity contribution in [3.63, 3.8) is 0 Å². The molecular formula is C27H32N4O3. The number of furan rings is 1. The molecular weight excluding hydrogens is 428 g/mol. The first kappa shape index (κ1) is 22.4. The summed E-state index contributed by atoms with van der Waals surface area (Å²) in [7, 11) is 0. The SMILES string of the molecule is CCc1ccc(N2C(=O)c3cc(-c4ccco4)nn3C[C@@]2(C)C(=O)NC2CCCCCC2)cc1. The molecule has 1 aliphatic carbocycles. The summed E-state index contributed by atoms with van der Waals surface area (Å²) in [6.07, 6.45) is 9.13. The Balaban J connectivity index is 1.53. The zero-order chi connectivity index (χ0) is 23.7. The van der Waals surface area contributed by atoms with Crippen LogP contribution in [0.4, 0.5) is 5.69 Å². The predicted octanol–water partition coefficient (Wildman–Crippen LogP) is 4.96. The van der Waals surface area contributed by atoms with Crippen molar-refractivity contribution in [1.29, 1.82) is 0 Å². The highest BCUT2D eigenvalue weighted by Crippen LogP contribution is 2.35. The molecule has 0 saturated heterocycles. The van der Waals surface area contributed by atoms with Crippen molar-refractivity contribution in [2.24, 2.45) is 0 Å². The first-order chi connectivity index (χ1) is 16.5. The molecule has 178 valence electrons. The number of hydrogen-bond donors (Lipinski definition) is 1. The Bertz CT molecular complexity index is 1160. The van der Waals surface area contributed by atoms with Crippen LogP contribution in [-0.4, -0.2) is 33.2 Å². The van der Waals surface area contributed by atoms with Crippen LogP contribution >= 0.6 is 0 Å². The van der Waals surface area contributed by atoms with Gasteiger partial charge in [-0.25, -0.2) is 0 Å². The molecule has 0 spiro atoms. The molecule has 7 nitrogen and oxygen atoms in total. The Hall–Kier alpha value is -3.35. The Morgan fingerprint density at radius 1 is 1.15 bits per heavy atom. The number of nitrogens with one attached hydrogen (secondary N) is 1. The van der Waals surface area contributed by atoms with Crippen LogP contribution in [-0.2, 0) is 17.8 Å². The van der Waals surface area contributed by atoms with Crippen LogP contribution in [0, 0.1) is 0 Å². The molecule has 5 rings (SSSR count). The van der Waals surface area contributed by atoms with Crippen LogP contribution in [0.15, 0.2) is 53.1 Å². The van der Waals surface area contributed by atoms with Crippen molar-refractivity contribution in [2.75, 3.05) is 4.90 Å². The maximum atomic E-state index is 13.9. The maximum Gasteiger partial charge on any atom is 0.277 e. The second-order valence-corrected chi connectivity index (χ2v) is 9.65. The van der Waals surface area contributed by atoms with Gasteiger partial charge in [0, 0.05) is 17.8 Å². The average molecular weight is 461 g/mol. The molecule has 2 amide bonds. The van der Waals surface area contributed by atoms with Crippen molar-refractivity contribution < 1.29 is 14.0 Å². The van der Waals surface area contributed by atoms with Crippen LogP contribution in [0.25, 0.3) is 11.5 Å². The van der Waals surface area contributed by atoms with Crippen molar-refractivity contribution >= 4 is 17.5 Å². The number of aryl methyl sites for hydroxylation is 1. The Morgan fingerprint density at radius 3 is 2.53 bits per heavy atom. The Labute approximate surface area is 200 Å². The fraction of sp³-hybridized carbons (Fsp3) is 0.444. The number of anilines is 1. The molecule has 1 saturated carbocycles. The lowest BCUT2D eigenvalue weighted by Crippen LogP contribution is -2.65. The number of rotatable bonds is 5. The normalized spacial score (nSPS) is 21.2. The molecule has 1 aliphatic heterocycles. The third-order valence-electron chi connectivity index (χ3n) is 7.21. The van der Waals surface area contributed by atoms with Gasteiger partial charge >= 0.3 is 0 Å². The summed E-state index contributed by atoms with van der Waals surface area (Å²) in [5, 5.41) is 7.92. The summed E-state index contributed by atoms with van der Waals surface area (Å²) < 4.78 is 7.16. The van der Waals surface area contributed by atoms with Gasteiger partial charge in [0.2, 0.25) is 5.91 Å². The number of amides is 2. The van der Waals surface area contributed by atoms with E-state index in [0.29, 0.717) is 22.8 Å². The fourth-order valence-electron chi connectivity index (χ4n) is 5.18. The first-order valence-electron chi connectivity index (χ1n) is 12.4. The molecule has 2 aliphatic rings. The fourth-order valence-corrected chi connectivity index (χ4v) is 5.18. The molecule has 1 aromatic carbocycles. The number of hydrogen-bond acceptors (Lipinski definition) is 4. The number of carbonyl (C=O) groups is 2. The highest BCUT2D eigenvalue weighted by Gasteiger charge is 2.49. The summed E-state index contributed by atoms with van der Waals surface area (Å²) in [6.45, 7) is 4.21. The summed E-state index contributed by atoms with van der Waals surface area (Å²) in [5.74, 6) is 0.227. The zero-order valence-corrected chi connectivity index (χ0v) is 19.9. The minimum atomic E-state index is -1.11. The van der Waals surface area contributed by atoms with Gasteiger partial charge in [-0.1, -0.05) is 44.7 Å². The molecule has 3 aromatic rings. The third-order valence-corrected chi connectivity index (χ3v) is 7.21. The molecule has 2 aromatic heterocycles. The molecule has 0 unspecified atom stereocenters. The van der Waals surface area contributed by atoms with E-state index in [2.05, 4.69) is 17.3 Å². The van der Waals surface area contributed by atoms with Gasteiger partial charge in [0.15, 0.2) is 5.76 Å². The van der Waals surface area contributed by atoms with Gasteiger partial charge in [-0.05, 0) is 56.0 Å². The molecule has 7 heteroatoms. The van der Waals surface area contributed by atoms with Crippen molar-refractivity contribution in [2.45, 2.75) is 76.9 Å². The highest BCUT2D eigenvalue weighted by atomic mass is 16.3. The van der Waals surface area contributed by atoms with Crippen LogP contribution in [0.1, 0.15) is 68.4 Å². The van der Waals surface area contributed by atoms with E-state index in [1.165, 1.54) is 18.4 Å². The quantitative estimate of drug-likeness (QED) is 0.546. The van der Waals surface area contributed by atoms with Crippen LogP contribution < -0.4 is 10.2 Å². The van der Waals surface area contributed by atoms with E-state index >= 15 is 0 Å². The van der Waals surface area contributed by atoms with Gasteiger partial charge in [0.05, 0.1) is 12.8 Å². The molecule has 0 radical (unpaired) electrons. The van der Waals surface area contributed by atoms with Gasteiger partial charge in [0.1, 0.15) is 16.9 Å². The maximum absolute atomic E-state index is 13.9. The summed E-state index contributed by atoms with van der Waals surface area (Å²) in [4.78, 5) is 29.4. The lowest BCUT2D eigenvalue weighted by molar-refractivity contribution is -0.127. The first-order valence-corrected chi connectivity index (χ1v) is 12.4. The number of fused-ring (bicyclic) bond motifs is 1. The average Bonchev–Trinajstić information content (AvgIpc) is 3.45. The molecule has 1 fully saturated rings. The second kappa shape index (κ2) is 9.12. The van der Waals surface area contributed by atoms with E-state index in [0.717, 1.165) is 32.1 Å². The van der Waals surface area contributed by atoms with Crippen molar-refractivity contribution in [1.82, 2.24) is 15.1 Å². The minimum Gasteiger partial charge on any atom is -0.463 e.